The Bertz CT molecular complexity index is 1250. The molecule has 2 aliphatic heterocycles. The number of rotatable bonds is 0. The molecule has 1 unspecified atom stereocenters. The van der Waals surface area contributed by atoms with Gasteiger partial charge >= 0.3 is 0 Å². The number of benzene rings is 4. The number of fused-ring (bicyclic) bond motifs is 5. The Morgan fingerprint density at radius 2 is 1.34 bits per heavy atom. The van der Waals surface area contributed by atoms with E-state index in [1.165, 1.54) is 0 Å². The molecule has 0 radical (unpaired) electrons. The molecule has 0 saturated carbocycles. The molecule has 2 heterocycles. The molecular weight excluding hydrogens is 360 g/mol. The average Bonchev–Trinajstić information content (AvgIpc) is 2.78. The summed E-state index contributed by atoms with van der Waals surface area (Å²) in [4.78, 5) is 0. The Labute approximate surface area is 168 Å². The summed E-state index contributed by atoms with van der Waals surface area (Å²) in [6, 6.07) is 28.3. The first-order valence-corrected chi connectivity index (χ1v) is 9.75. The van der Waals surface area contributed by atoms with Gasteiger partial charge in [-0.1, -0.05) is 66.7 Å². The third-order valence-electron chi connectivity index (χ3n) is 5.69. The normalized spacial score (nSPS) is 17.1. The van der Waals surface area contributed by atoms with Gasteiger partial charge in [0.15, 0.2) is 0 Å². The van der Waals surface area contributed by atoms with Crippen LogP contribution in [0, 0.1) is 0 Å². The molecule has 4 aromatic carbocycles. The quantitative estimate of drug-likeness (QED) is 0.378. The number of aliphatic hydroxyl groups excluding tert-OH is 1. The van der Waals surface area contributed by atoms with E-state index in [0.29, 0.717) is 0 Å². The lowest BCUT2D eigenvalue weighted by atomic mass is 9.82. The van der Waals surface area contributed by atoms with Crippen LogP contribution in [-0.4, -0.2) is 17.8 Å². The summed E-state index contributed by atoms with van der Waals surface area (Å²) in [6.45, 7) is 0.232. The van der Waals surface area contributed by atoms with Gasteiger partial charge in [0.25, 0.3) is 0 Å². The molecule has 4 aromatic rings. The van der Waals surface area contributed by atoms with Crippen LogP contribution in [0.2, 0.25) is 0 Å². The van der Waals surface area contributed by atoms with Crippen molar-refractivity contribution in [1.82, 2.24) is 0 Å². The van der Waals surface area contributed by atoms with E-state index in [1.807, 2.05) is 54.6 Å². The first-order valence-electron chi connectivity index (χ1n) is 9.75. The molecule has 1 N–H and O–H groups in total. The van der Waals surface area contributed by atoms with Crippen LogP contribution in [-0.2, 0) is 0 Å². The Kier molecular flexibility index (Phi) is 3.52. The molecule has 0 aromatic heterocycles. The second kappa shape index (κ2) is 6.23. The fraction of sp³-hybridized carbons (Fsp3) is 0.0769. The molecule has 0 fully saturated rings. The molecule has 0 bridgehead atoms. The van der Waals surface area contributed by atoms with Crippen LogP contribution in [0.15, 0.2) is 84.9 Å². The monoisotopic (exact) mass is 378 g/mol. The van der Waals surface area contributed by atoms with E-state index in [4.69, 9.17) is 9.47 Å². The Hall–Kier alpha value is -3.56. The van der Waals surface area contributed by atoms with Crippen molar-refractivity contribution >= 4 is 21.9 Å². The van der Waals surface area contributed by atoms with Crippen molar-refractivity contribution in [2.45, 2.75) is 6.10 Å². The van der Waals surface area contributed by atoms with Crippen molar-refractivity contribution < 1.29 is 14.6 Å². The SMILES string of the molecule is OC1COc2ccc3ccccc3c2C1=C1c2ccccc2Oc2ccccc21. The summed E-state index contributed by atoms with van der Waals surface area (Å²) in [6.07, 6.45) is -0.734. The molecule has 0 saturated heterocycles. The second-order valence-electron chi connectivity index (χ2n) is 7.37. The van der Waals surface area contributed by atoms with Crippen molar-refractivity contribution in [3.05, 3.63) is 102 Å². The van der Waals surface area contributed by atoms with Crippen LogP contribution in [0.1, 0.15) is 16.7 Å². The summed E-state index contributed by atoms with van der Waals surface area (Å²) in [5, 5.41) is 13.4. The lowest BCUT2D eigenvalue weighted by molar-refractivity contribution is 0.143. The molecule has 1 atom stereocenters. The van der Waals surface area contributed by atoms with Gasteiger partial charge in [0.05, 0.1) is 0 Å². The number of aliphatic hydroxyl groups is 1. The van der Waals surface area contributed by atoms with Gasteiger partial charge < -0.3 is 14.6 Å². The van der Waals surface area contributed by atoms with Crippen molar-refractivity contribution in [2.75, 3.05) is 6.61 Å². The minimum absolute atomic E-state index is 0.232. The van der Waals surface area contributed by atoms with Crippen LogP contribution in [0.4, 0.5) is 0 Å². The van der Waals surface area contributed by atoms with Crippen molar-refractivity contribution in [3.63, 3.8) is 0 Å². The molecule has 2 aliphatic rings. The number of para-hydroxylation sites is 2. The van der Waals surface area contributed by atoms with Gasteiger partial charge in [0.1, 0.15) is 30.0 Å². The molecular formula is C26H18O3. The highest BCUT2D eigenvalue weighted by Gasteiger charge is 2.33. The average molecular weight is 378 g/mol. The smallest absolute Gasteiger partial charge is 0.135 e. The Balaban J connectivity index is 1.78. The second-order valence-corrected chi connectivity index (χ2v) is 7.37. The van der Waals surface area contributed by atoms with Crippen LogP contribution < -0.4 is 9.47 Å². The summed E-state index contributed by atoms with van der Waals surface area (Å²) < 4.78 is 12.1. The van der Waals surface area contributed by atoms with Crippen LogP contribution in [0.25, 0.3) is 21.9 Å². The zero-order valence-corrected chi connectivity index (χ0v) is 15.6. The minimum atomic E-state index is -0.734. The zero-order valence-electron chi connectivity index (χ0n) is 15.6. The predicted octanol–water partition coefficient (Wildman–Crippen LogP) is 5.66. The number of hydrogen-bond acceptors (Lipinski definition) is 3. The first-order chi connectivity index (χ1) is 14.3. The molecule has 0 spiro atoms. The summed E-state index contributed by atoms with van der Waals surface area (Å²) in [5.41, 5.74) is 4.84. The van der Waals surface area contributed by atoms with E-state index in [0.717, 1.165) is 55.9 Å². The van der Waals surface area contributed by atoms with E-state index < -0.39 is 6.10 Å². The van der Waals surface area contributed by atoms with Crippen LogP contribution >= 0.6 is 0 Å². The zero-order chi connectivity index (χ0) is 19.4. The van der Waals surface area contributed by atoms with E-state index in [-0.39, 0.29) is 6.61 Å². The highest BCUT2D eigenvalue weighted by molar-refractivity contribution is 6.10. The fourth-order valence-corrected chi connectivity index (χ4v) is 4.44. The minimum Gasteiger partial charge on any atom is -0.490 e. The molecule has 29 heavy (non-hydrogen) atoms. The van der Waals surface area contributed by atoms with Crippen LogP contribution in [0.5, 0.6) is 17.2 Å². The molecule has 6 rings (SSSR count). The summed E-state index contributed by atoms with van der Waals surface area (Å²) in [7, 11) is 0. The molecule has 0 amide bonds. The summed E-state index contributed by atoms with van der Waals surface area (Å²) in [5.74, 6) is 2.40. The van der Waals surface area contributed by atoms with E-state index in [2.05, 4.69) is 30.3 Å². The predicted molar refractivity (Wildman–Crippen MR) is 114 cm³/mol. The van der Waals surface area contributed by atoms with Gasteiger partial charge in [-0.25, -0.2) is 0 Å². The largest absolute Gasteiger partial charge is 0.490 e. The standard InChI is InChI=1S/C26H18O3/c27-20-15-28-23-14-13-16-7-1-2-8-17(16)25(23)26(20)24-18-9-3-5-11-21(18)29-22-12-6-4-10-19(22)24/h1-14,20,27H,15H2. The molecule has 3 nitrogen and oxygen atoms in total. The van der Waals surface area contributed by atoms with Crippen LogP contribution in [0.3, 0.4) is 0 Å². The molecule has 140 valence electrons. The van der Waals surface area contributed by atoms with E-state index in [9.17, 15) is 5.11 Å². The Morgan fingerprint density at radius 3 is 2.10 bits per heavy atom. The van der Waals surface area contributed by atoms with Crippen molar-refractivity contribution in [3.8, 4) is 17.2 Å². The highest BCUT2D eigenvalue weighted by atomic mass is 16.5. The summed E-state index contributed by atoms with van der Waals surface area (Å²) >= 11 is 0. The van der Waals surface area contributed by atoms with Gasteiger partial charge in [-0.3, -0.25) is 0 Å². The van der Waals surface area contributed by atoms with Gasteiger partial charge in [0, 0.05) is 27.8 Å². The molecule has 0 aliphatic carbocycles. The van der Waals surface area contributed by atoms with Gasteiger partial charge in [-0.2, -0.15) is 0 Å². The maximum Gasteiger partial charge on any atom is 0.135 e. The first kappa shape index (κ1) is 16.4. The van der Waals surface area contributed by atoms with E-state index in [1.54, 1.807) is 0 Å². The molecule has 3 heteroatoms. The van der Waals surface area contributed by atoms with Gasteiger partial charge in [-0.15, -0.1) is 0 Å². The topological polar surface area (TPSA) is 38.7 Å². The van der Waals surface area contributed by atoms with Gasteiger partial charge in [0.2, 0.25) is 0 Å². The number of ether oxygens (including phenoxy) is 2. The Morgan fingerprint density at radius 1 is 0.690 bits per heavy atom. The number of hydrogen-bond donors (Lipinski definition) is 1. The van der Waals surface area contributed by atoms with Crippen molar-refractivity contribution in [1.29, 1.82) is 0 Å². The lowest BCUT2D eigenvalue weighted by Crippen LogP contribution is -2.26. The van der Waals surface area contributed by atoms with Crippen molar-refractivity contribution in [2.24, 2.45) is 0 Å². The third kappa shape index (κ3) is 2.41. The maximum atomic E-state index is 11.2. The van der Waals surface area contributed by atoms with E-state index >= 15 is 0 Å². The fourth-order valence-electron chi connectivity index (χ4n) is 4.44. The maximum absolute atomic E-state index is 11.2. The van der Waals surface area contributed by atoms with Gasteiger partial charge in [-0.05, 0) is 29.0 Å². The lowest BCUT2D eigenvalue weighted by Gasteiger charge is -2.32. The third-order valence-corrected chi connectivity index (χ3v) is 5.69. The highest BCUT2D eigenvalue weighted by Crippen LogP contribution is 2.50.